The predicted molar refractivity (Wildman–Crippen MR) is 280 cm³/mol. The van der Waals surface area contributed by atoms with Crippen molar-refractivity contribution in [1.29, 1.82) is 0 Å². The number of nitrogens with zero attached hydrogens (tertiary/aromatic N) is 3. The SMILES string of the molecule is [2H]c1c(-c2nc3c(-c4[c-]c(-c5cc(-c6ccc(C(C)(C)C)cc6)ccn5)cc(C(C)(C)C)c4)cccc3n2-c2c(-c3ccccc3)cccc2C(C)(C)C)c(O)c(C(C([2H])([2H])[2H])(C([2H])([2H])[2H])C([2H])([2H])[2H])c([2H])c1C(C([2H])([2H])[2H])(C([2H])([2H])[2H])C([2H])([2H])[2H].[Pt]. The van der Waals surface area contributed by atoms with Crippen molar-refractivity contribution in [2.45, 2.75) is 130 Å². The van der Waals surface area contributed by atoms with Gasteiger partial charge in [-0.25, -0.2) is 4.98 Å². The summed E-state index contributed by atoms with van der Waals surface area (Å²) in [6.45, 7) is -7.84. The molecule has 0 spiro atoms. The van der Waals surface area contributed by atoms with Gasteiger partial charge in [-0.3, -0.25) is 9.55 Å². The zero-order chi connectivity index (χ0) is 64.5. The maximum atomic E-state index is 13.3. The van der Waals surface area contributed by atoms with Crippen molar-refractivity contribution >= 4 is 11.0 Å². The summed E-state index contributed by atoms with van der Waals surface area (Å²) in [7, 11) is 0. The van der Waals surface area contributed by atoms with Gasteiger partial charge >= 0.3 is 0 Å². The van der Waals surface area contributed by atoms with Gasteiger partial charge in [-0.05, 0) is 78.6 Å². The summed E-state index contributed by atoms with van der Waals surface area (Å²) in [4.78, 5) is 9.99. The van der Waals surface area contributed by atoms with E-state index < -0.39 is 103 Å². The van der Waals surface area contributed by atoms with E-state index in [4.69, 9.17) is 34.6 Å². The molecule has 0 aliphatic rings. The zero-order valence-corrected chi connectivity index (χ0v) is 41.4. The fraction of sp³-hybridized carbons (Fsp3) is 0.323. The predicted octanol–water partition coefficient (Wildman–Crippen LogP) is 16.7. The first kappa shape index (κ1) is 29.3. The smallest absolute Gasteiger partial charge is 0.148 e. The largest absolute Gasteiger partial charge is 0.507 e. The molecule has 0 saturated heterocycles. The molecule has 0 fully saturated rings. The van der Waals surface area contributed by atoms with Crippen molar-refractivity contribution in [3.8, 4) is 67.5 Å². The maximum absolute atomic E-state index is 13.3. The molecule has 0 bridgehead atoms. The van der Waals surface area contributed by atoms with E-state index >= 15 is 0 Å². The van der Waals surface area contributed by atoms with Crippen molar-refractivity contribution < 1.29 is 53.6 Å². The molecule has 0 saturated carbocycles. The number of hydrogen-bond donors (Lipinski definition) is 1. The van der Waals surface area contributed by atoms with Crippen LogP contribution < -0.4 is 0 Å². The topological polar surface area (TPSA) is 50.9 Å². The number of imidazole rings is 1. The Morgan fingerprint density at radius 3 is 1.82 bits per heavy atom. The minimum absolute atomic E-state index is 0. The van der Waals surface area contributed by atoms with Crippen LogP contribution >= 0.6 is 0 Å². The summed E-state index contributed by atoms with van der Waals surface area (Å²) in [6.07, 6.45) is 1.69. The van der Waals surface area contributed by atoms with Crippen LogP contribution in [0.5, 0.6) is 5.75 Å². The van der Waals surface area contributed by atoms with E-state index in [2.05, 4.69) is 39.0 Å². The Bertz CT molecular complexity index is 3740. The number of hydrogen-bond acceptors (Lipinski definition) is 3. The van der Waals surface area contributed by atoms with E-state index in [1.165, 1.54) is 4.57 Å². The standard InChI is InChI=1S/C62H68N3O.Pt/c1-58(2,3)44-29-27-39(28-30-44)41-31-32-63-52(36-41)43-33-42(34-45(35-43)59(4,5)6)47-23-20-26-53-54(47)64-57(49-37-46(60(7,8)9)38-51(56(49)66)62(13,14)15)65(53)55-48(40-21-17-16-18-22-40)24-19-25-50(55)61(10,11)12;/h16-32,34-38,66H,1-15H3;/q-1;/i7D3,8D3,9D3,13D3,14D3,15D3,37D,38D;. The van der Waals surface area contributed by atoms with E-state index in [1.54, 1.807) is 72.9 Å². The van der Waals surface area contributed by atoms with Crippen LogP contribution in [0.25, 0.3) is 72.7 Å². The van der Waals surface area contributed by atoms with Gasteiger partial charge in [0.1, 0.15) is 11.6 Å². The minimum atomic E-state index is -4.43. The van der Waals surface area contributed by atoms with Crippen molar-refractivity contribution in [1.82, 2.24) is 14.5 Å². The van der Waals surface area contributed by atoms with Gasteiger partial charge in [0.2, 0.25) is 0 Å². The normalized spacial score (nSPS) is 18.2. The summed E-state index contributed by atoms with van der Waals surface area (Å²) in [6, 6.07) is 35.3. The Labute approximate surface area is 443 Å². The molecule has 0 amide bonds. The quantitative estimate of drug-likeness (QED) is 0.169. The summed E-state index contributed by atoms with van der Waals surface area (Å²) in [5.41, 5.74) is -7.51. The Morgan fingerprint density at radius 2 is 1.18 bits per heavy atom. The number of fused-ring (bicyclic) bond motifs is 1. The molecular formula is C62H68N3OPt-. The van der Waals surface area contributed by atoms with Crippen LogP contribution in [0.4, 0.5) is 0 Å². The van der Waals surface area contributed by atoms with Crippen LogP contribution in [0, 0.1) is 6.07 Å². The van der Waals surface area contributed by atoms with Crippen molar-refractivity contribution in [3.05, 3.63) is 167 Å². The van der Waals surface area contributed by atoms with Crippen LogP contribution in [0.15, 0.2) is 134 Å². The molecular weight excluding hydrogens is 998 g/mol. The van der Waals surface area contributed by atoms with Gasteiger partial charge in [0, 0.05) is 68.8 Å². The molecule has 2 aromatic heterocycles. The third-order valence-electron chi connectivity index (χ3n) is 11.9. The maximum Gasteiger partial charge on any atom is 0.148 e. The molecule has 348 valence electrons. The Morgan fingerprint density at radius 1 is 0.537 bits per heavy atom. The van der Waals surface area contributed by atoms with Gasteiger partial charge in [0.05, 0.1) is 25.0 Å². The molecule has 5 heteroatoms. The number of pyridine rings is 1. The fourth-order valence-electron chi connectivity index (χ4n) is 8.30. The second-order valence-corrected chi connectivity index (χ2v) is 20.2. The van der Waals surface area contributed by atoms with Gasteiger partial charge in [0.25, 0.3) is 0 Å². The second-order valence-electron chi connectivity index (χ2n) is 20.2. The van der Waals surface area contributed by atoms with Gasteiger partial charge < -0.3 is 5.11 Å². The molecule has 0 aliphatic carbocycles. The number of phenols is 1. The van der Waals surface area contributed by atoms with Crippen LogP contribution in [-0.2, 0) is 48.1 Å². The van der Waals surface area contributed by atoms with Crippen LogP contribution in [-0.4, -0.2) is 19.6 Å². The van der Waals surface area contributed by atoms with Gasteiger partial charge in [-0.15, -0.1) is 29.3 Å². The second kappa shape index (κ2) is 17.8. The van der Waals surface area contributed by atoms with E-state index in [1.807, 2.05) is 77.9 Å². The first-order valence-corrected chi connectivity index (χ1v) is 21.9. The average Bonchev–Trinajstić information content (AvgIpc) is 1.14. The number of aromatic nitrogens is 3. The first-order chi connectivity index (χ1) is 39.2. The monoisotopic (exact) mass is 1090 g/mol. The molecule has 4 nitrogen and oxygen atoms in total. The van der Waals surface area contributed by atoms with E-state index in [0.29, 0.717) is 39.1 Å². The molecule has 2 heterocycles. The number of rotatable bonds is 6. The van der Waals surface area contributed by atoms with E-state index in [9.17, 15) is 7.85 Å². The van der Waals surface area contributed by atoms with Crippen molar-refractivity contribution in [3.63, 3.8) is 0 Å². The molecule has 8 aromatic rings. The van der Waals surface area contributed by atoms with E-state index in [0.717, 1.165) is 22.3 Å². The van der Waals surface area contributed by atoms with E-state index in [-0.39, 0.29) is 43.2 Å². The molecule has 0 radical (unpaired) electrons. The minimum Gasteiger partial charge on any atom is -0.507 e. The van der Waals surface area contributed by atoms with Crippen LogP contribution in [0.1, 0.15) is 159 Å². The van der Waals surface area contributed by atoms with Gasteiger partial charge in [-0.2, -0.15) is 0 Å². The number of aromatic hydroxyl groups is 1. The summed E-state index contributed by atoms with van der Waals surface area (Å²) in [5.74, 6) is -2.35. The molecule has 67 heavy (non-hydrogen) atoms. The molecule has 6 aromatic carbocycles. The van der Waals surface area contributed by atoms with Gasteiger partial charge in [0.15, 0.2) is 0 Å². The number of phenolic OH excluding ortho intramolecular Hbond substituents is 1. The van der Waals surface area contributed by atoms with Crippen LogP contribution in [0.3, 0.4) is 0 Å². The summed E-state index contributed by atoms with van der Waals surface area (Å²) >= 11 is 0. The third-order valence-corrected chi connectivity index (χ3v) is 11.9. The van der Waals surface area contributed by atoms with Crippen LogP contribution in [0.2, 0.25) is 0 Å². The fourth-order valence-corrected chi connectivity index (χ4v) is 8.30. The third kappa shape index (κ3) is 9.89. The number of para-hydroxylation sites is 2. The zero-order valence-electron chi connectivity index (χ0n) is 59.2. The molecule has 1 N–H and O–H groups in total. The Kier molecular flexibility index (Phi) is 7.81. The van der Waals surface area contributed by atoms with Crippen molar-refractivity contribution in [2.24, 2.45) is 0 Å². The number of benzene rings is 6. The van der Waals surface area contributed by atoms with Gasteiger partial charge in [-0.1, -0.05) is 212 Å². The summed E-state index contributed by atoms with van der Waals surface area (Å²) < 4.78 is 181. The molecule has 0 aliphatic heterocycles. The average molecular weight is 1090 g/mol. The Balaban J connectivity index is 0.0000108. The summed E-state index contributed by atoms with van der Waals surface area (Å²) in [5, 5.41) is 13.3. The van der Waals surface area contributed by atoms with Crippen molar-refractivity contribution in [2.75, 3.05) is 0 Å². The first-order valence-electron chi connectivity index (χ1n) is 31.9. The Hall–Kier alpha value is -5.57. The molecule has 8 rings (SSSR count). The molecule has 0 unspecified atom stereocenters. The molecule has 0 atom stereocenters.